The van der Waals surface area contributed by atoms with Crippen molar-refractivity contribution in [1.82, 2.24) is 0 Å². The molecule has 0 aliphatic carbocycles. The summed E-state index contributed by atoms with van der Waals surface area (Å²) in [4.78, 5) is 0. The molecule has 4 aromatic carbocycles. The maximum atomic E-state index is 2.21. The Kier molecular flexibility index (Phi) is 2.28. The third kappa shape index (κ3) is 1.34. The average molecular weight is 236 g/mol. The van der Waals surface area contributed by atoms with Gasteiger partial charge in [0.25, 0.3) is 0 Å². The molecule has 1 unspecified atom stereocenters. The summed E-state index contributed by atoms with van der Waals surface area (Å²) in [5.41, 5.74) is 0. The fourth-order valence-corrected chi connectivity index (χ4v) is 2.67. The van der Waals surface area contributed by atoms with E-state index in [0.717, 1.165) is 0 Å². The minimum absolute atomic E-state index is 0. The highest BCUT2D eigenvalue weighted by Gasteiger charge is 2.05. The van der Waals surface area contributed by atoms with Gasteiger partial charge in [0.15, 0.2) is 0 Å². The normalized spacial score (nSPS) is 11.1. The molecule has 0 bridgehead atoms. The number of hydrogen-bond donors (Lipinski definition) is 0. The van der Waals surface area contributed by atoms with Gasteiger partial charge in [-0.15, -0.1) is 0 Å². The summed E-state index contributed by atoms with van der Waals surface area (Å²) < 4.78 is 0. The molecule has 0 fully saturated rings. The van der Waals surface area contributed by atoms with Crippen LogP contribution in [0.15, 0.2) is 60.7 Å². The first-order chi connectivity index (χ1) is 7.93. The number of rotatable bonds is 0. The minimum atomic E-state index is 0. The van der Waals surface area contributed by atoms with E-state index >= 15 is 0 Å². The third-order valence-electron chi connectivity index (χ3n) is 3.39. The standard InChI is InChI=1S/C16H10.H3P/c1-3-11-7-9-13-5-2-6-14-10-8-12(4-1)15(11)16(13)14;/h1-10H;1H3. The van der Waals surface area contributed by atoms with E-state index in [1.165, 1.54) is 32.3 Å². The van der Waals surface area contributed by atoms with Gasteiger partial charge in [-0.3, -0.25) is 0 Å². The van der Waals surface area contributed by atoms with E-state index in [1.807, 2.05) is 0 Å². The predicted molar refractivity (Wildman–Crippen MR) is 81.3 cm³/mol. The second kappa shape index (κ2) is 3.68. The first kappa shape index (κ1) is 10.5. The zero-order valence-corrected chi connectivity index (χ0v) is 10.9. The highest BCUT2D eigenvalue weighted by molar-refractivity contribution is 6.92. The summed E-state index contributed by atoms with van der Waals surface area (Å²) in [6, 6.07) is 21.9. The topological polar surface area (TPSA) is 0 Å². The fourth-order valence-electron chi connectivity index (χ4n) is 2.67. The first-order valence-corrected chi connectivity index (χ1v) is 5.56. The molecule has 0 aliphatic heterocycles. The fraction of sp³-hybridized carbons (Fsp3) is 0. The molecular weight excluding hydrogens is 223 g/mol. The van der Waals surface area contributed by atoms with Crippen LogP contribution in [0, 0.1) is 0 Å². The van der Waals surface area contributed by atoms with Gasteiger partial charge < -0.3 is 0 Å². The maximum Gasteiger partial charge on any atom is -0.00268 e. The second-order valence-electron chi connectivity index (χ2n) is 4.29. The van der Waals surface area contributed by atoms with E-state index in [-0.39, 0.29) is 9.90 Å². The molecule has 0 saturated heterocycles. The molecule has 82 valence electrons. The van der Waals surface area contributed by atoms with Crippen LogP contribution >= 0.6 is 9.90 Å². The quantitative estimate of drug-likeness (QED) is 0.308. The van der Waals surface area contributed by atoms with Crippen molar-refractivity contribution < 1.29 is 0 Å². The lowest BCUT2D eigenvalue weighted by Gasteiger charge is -2.09. The largest absolute Gasteiger partial charge is 0.153 e. The Morgan fingerprint density at radius 2 is 0.706 bits per heavy atom. The van der Waals surface area contributed by atoms with Gasteiger partial charge in [-0.25, -0.2) is 0 Å². The predicted octanol–water partition coefficient (Wildman–Crippen LogP) is 4.64. The Morgan fingerprint density at radius 1 is 0.412 bits per heavy atom. The number of hydrogen-bond acceptors (Lipinski definition) is 0. The van der Waals surface area contributed by atoms with Crippen LogP contribution in [0.1, 0.15) is 0 Å². The highest BCUT2D eigenvalue weighted by Crippen LogP contribution is 2.33. The average Bonchev–Trinajstić information content (AvgIpc) is 2.36. The molecule has 4 aromatic rings. The second-order valence-corrected chi connectivity index (χ2v) is 4.29. The van der Waals surface area contributed by atoms with E-state index < -0.39 is 0 Å². The van der Waals surface area contributed by atoms with Gasteiger partial charge in [-0.05, 0) is 32.3 Å². The van der Waals surface area contributed by atoms with Crippen LogP contribution in [0.3, 0.4) is 0 Å². The van der Waals surface area contributed by atoms with Crippen LogP contribution in [0.2, 0.25) is 0 Å². The van der Waals surface area contributed by atoms with Crippen molar-refractivity contribution in [3.63, 3.8) is 0 Å². The minimum Gasteiger partial charge on any atom is -0.153 e. The molecule has 0 nitrogen and oxygen atoms in total. The smallest absolute Gasteiger partial charge is 0.00268 e. The van der Waals surface area contributed by atoms with Crippen LogP contribution in [-0.4, -0.2) is 0 Å². The lowest BCUT2D eigenvalue weighted by Crippen LogP contribution is -1.82. The van der Waals surface area contributed by atoms with E-state index in [2.05, 4.69) is 60.7 Å². The third-order valence-corrected chi connectivity index (χ3v) is 3.39. The molecule has 4 rings (SSSR count). The van der Waals surface area contributed by atoms with E-state index in [9.17, 15) is 0 Å². The molecule has 0 saturated carbocycles. The Morgan fingerprint density at radius 3 is 1.00 bits per heavy atom. The van der Waals surface area contributed by atoms with E-state index in [1.54, 1.807) is 0 Å². The molecule has 0 aromatic heterocycles. The first-order valence-electron chi connectivity index (χ1n) is 5.56. The molecule has 0 N–H and O–H groups in total. The Balaban J connectivity index is 0.000000902. The summed E-state index contributed by atoms with van der Waals surface area (Å²) in [5.74, 6) is 0. The van der Waals surface area contributed by atoms with Crippen molar-refractivity contribution in [1.29, 1.82) is 0 Å². The van der Waals surface area contributed by atoms with Crippen molar-refractivity contribution in [2.75, 3.05) is 0 Å². The van der Waals surface area contributed by atoms with Gasteiger partial charge in [0, 0.05) is 0 Å². The van der Waals surface area contributed by atoms with Crippen molar-refractivity contribution in [3.8, 4) is 0 Å². The lowest BCUT2D eigenvalue weighted by atomic mass is 9.95. The molecule has 1 atom stereocenters. The Labute approximate surface area is 103 Å². The van der Waals surface area contributed by atoms with Crippen LogP contribution in [0.5, 0.6) is 0 Å². The lowest BCUT2D eigenvalue weighted by molar-refractivity contribution is 1.78. The van der Waals surface area contributed by atoms with Gasteiger partial charge in [-0.2, -0.15) is 9.90 Å². The summed E-state index contributed by atoms with van der Waals surface area (Å²) in [6.07, 6.45) is 0. The van der Waals surface area contributed by atoms with Crippen molar-refractivity contribution >= 4 is 42.2 Å². The zero-order valence-electron chi connectivity index (χ0n) is 9.48. The molecule has 0 amide bonds. The van der Waals surface area contributed by atoms with Crippen molar-refractivity contribution in [2.45, 2.75) is 0 Å². The molecule has 0 radical (unpaired) electrons. The summed E-state index contributed by atoms with van der Waals surface area (Å²) in [7, 11) is 0. The molecular formula is C16H13P. The van der Waals surface area contributed by atoms with Crippen LogP contribution in [-0.2, 0) is 0 Å². The van der Waals surface area contributed by atoms with Crippen LogP contribution < -0.4 is 0 Å². The van der Waals surface area contributed by atoms with Crippen molar-refractivity contribution in [2.24, 2.45) is 0 Å². The molecule has 0 aliphatic rings. The molecule has 1 heteroatoms. The highest BCUT2D eigenvalue weighted by atomic mass is 31.0. The summed E-state index contributed by atoms with van der Waals surface area (Å²) >= 11 is 0. The number of benzene rings is 4. The van der Waals surface area contributed by atoms with Gasteiger partial charge in [0.1, 0.15) is 0 Å². The Bertz CT molecular complexity index is 672. The maximum absolute atomic E-state index is 2.21. The summed E-state index contributed by atoms with van der Waals surface area (Å²) in [5, 5.41) is 8.14. The SMILES string of the molecule is P.c1cc2ccc3cccc4ccc(c1)c2c34. The molecule has 0 spiro atoms. The van der Waals surface area contributed by atoms with Crippen LogP contribution in [0.25, 0.3) is 32.3 Å². The van der Waals surface area contributed by atoms with Gasteiger partial charge in [0.2, 0.25) is 0 Å². The van der Waals surface area contributed by atoms with E-state index in [0.29, 0.717) is 0 Å². The van der Waals surface area contributed by atoms with Gasteiger partial charge in [-0.1, -0.05) is 60.7 Å². The van der Waals surface area contributed by atoms with Gasteiger partial charge >= 0.3 is 0 Å². The molecule has 17 heavy (non-hydrogen) atoms. The van der Waals surface area contributed by atoms with E-state index in [4.69, 9.17) is 0 Å². The van der Waals surface area contributed by atoms with Crippen LogP contribution in [0.4, 0.5) is 0 Å². The Hall–Kier alpha value is -1.65. The molecule has 0 heterocycles. The van der Waals surface area contributed by atoms with Crippen molar-refractivity contribution in [3.05, 3.63) is 60.7 Å². The summed E-state index contributed by atoms with van der Waals surface area (Å²) in [6.45, 7) is 0. The monoisotopic (exact) mass is 236 g/mol. The van der Waals surface area contributed by atoms with Gasteiger partial charge in [0.05, 0.1) is 0 Å². The zero-order chi connectivity index (χ0) is 10.5.